The van der Waals surface area contributed by atoms with Gasteiger partial charge in [0.2, 0.25) is 5.88 Å². The number of ether oxygens (including phenoxy) is 1. The van der Waals surface area contributed by atoms with Gasteiger partial charge in [-0.25, -0.2) is 9.37 Å². The molecule has 0 fully saturated rings. The highest BCUT2D eigenvalue weighted by molar-refractivity contribution is 9.10. The molecule has 1 aromatic heterocycles. The molecular weight excluding hydrogens is 287 g/mol. The summed E-state index contributed by atoms with van der Waals surface area (Å²) in [7, 11) is 0. The number of hydrogen-bond donors (Lipinski definition) is 0. The Morgan fingerprint density at radius 3 is 2.88 bits per heavy atom. The van der Waals surface area contributed by atoms with Crippen molar-refractivity contribution < 1.29 is 9.13 Å². The second-order valence-electron chi connectivity index (χ2n) is 3.15. The van der Waals surface area contributed by atoms with E-state index in [1.165, 1.54) is 24.4 Å². The Hall–Kier alpha value is -1.93. The van der Waals surface area contributed by atoms with Gasteiger partial charge in [0.15, 0.2) is 0 Å². The molecule has 1 aromatic carbocycles. The molecular formula is C12H6BrFN2O. The van der Waals surface area contributed by atoms with Crippen molar-refractivity contribution in [1.29, 1.82) is 5.26 Å². The van der Waals surface area contributed by atoms with E-state index in [1.54, 1.807) is 12.1 Å². The average molecular weight is 293 g/mol. The van der Waals surface area contributed by atoms with Crippen LogP contribution in [0.3, 0.4) is 0 Å². The molecule has 17 heavy (non-hydrogen) atoms. The number of nitrogens with zero attached hydrogens (tertiary/aromatic N) is 2. The molecule has 0 radical (unpaired) electrons. The zero-order valence-electron chi connectivity index (χ0n) is 8.52. The lowest BCUT2D eigenvalue weighted by Crippen LogP contribution is -1.91. The average Bonchev–Trinajstić information content (AvgIpc) is 2.34. The van der Waals surface area contributed by atoms with E-state index in [4.69, 9.17) is 10.00 Å². The Balaban J connectivity index is 2.32. The van der Waals surface area contributed by atoms with Crippen LogP contribution in [0.15, 0.2) is 41.0 Å². The largest absolute Gasteiger partial charge is 0.438 e. The van der Waals surface area contributed by atoms with Crippen molar-refractivity contribution in [2.45, 2.75) is 0 Å². The molecule has 0 N–H and O–H groups in total. The van der Waals surface area contributed by atoms with Crippen molar-refractivity contribution >= 4 is 15.9 Å². The Labute approximate surface area is 106 Å². The molecule has 1 heterocycles. The van der Waals surface area contributed by atoms with Gasteiger partial charge >= 0.3 is 0 Å². The van der Waals surface area contributed by atoms with Crippen molar-refractivity contribution in [3.8, 4) is 17.7 Å². The molecule has 0 unspecified atom stereocenters. The van der Waals surface area contributed by atoms with Crippen LogP contribution in [0, 0.1) is 17.1 Å². The number of pyridine rings is 1. The predicted molar refractivity (Wildman–Crippen MR) is 63.1 cm³/mol. The molecule has 2 aromatic rings. The number of halogens is 2. The minimum Gasteiger partial charge on any atom is -0.438 e. The van der Waals surface area contributed by atoms with Crippen LogP contribution in [0.1, 0.15) is 5.56 Å². The lowest BCUT2D eigenvalue weighted by Gasteiger charge is -2.06. The third-order valence-corrected chi connectivity index (χ3v) is 2.60. The van der Waals surface area contributed by atoms with Crippen LogP contribution in [-0.2, 0) is 0 Å². The standard InChI is InChI=1S/C12H6BrFN2O/c13-10-6-9(3-4-11(10)14)17-12-8(7-15)2-1-5-16-12/h1-6H. The Kier molecular flexibility index (Phi) is 3.35. The fourth-order valence-corrected chi connectivity index (χ4v) is 1.57. The zero-order chi connectivity index (χ0) is 12.3. The highest BCUT2D eigenvalue weighted by atomic mass is 79.9. The van der Waals surface area contributed by atoms with Crippen LogP contribution in [0.5, 0.6) is 11.6 Å². The number of aromatic nitrogens is 1. The first-order valence-electron chi connectivity index (χ1n) is 4.69. The van der Waals surface area contributed by atoms with Crippen LogP contribution in [-0.4, -0.2) is 4.98 Å². The molecule has 0 bridgehead atoms. The molecule has 0 spiro atoms. The second kappa shape index (κ2) is 4.93. The summed E-state index contributed by atoms with van der Waals surface area (Å²) in [5.41, 5.74) is 0.327. The van der Waals surface area contributed by atoms with E-state index in [2.05, 4.69) is 20.9 Å². The van der Waals surface area contributed by atoms with E-state index in [9.17, 15) is 4.39 Å². The van der Waals surface area contributed by atoms with Crippen molar-refractivity contribution in [1.82, 2.24) is 4.98 Å². The van der Waals surface area contributed by atoms with E-state index in [0.717, 1.165) is 0 Å². The van der Waals surface area contributed by atoms with E-state index in [-0.39, 0.29) is 11.7 Å². The molecule has 84 valence electrons. The third-order valence-electron chi connectivity index (χ3n) is 2.00. The first kappa shape index (κ1) is 11.6. The monoisotopic (exact) mass is 292 g/mol. The van der Waals surface area contributed by atoms with Crippen LogP contribution in [0.2, 0.25) is 0 Å². The Morgan fingerprint density at radius 1 is 1.35 bits per heavy atom. The topological polar surface area (TPSA) is 45.9 Å². The van der Waals surface area contributed by atoms with E-state index in [0.29, 0.717) is 15.8 Å². The maximum Gasteiger partial charge on any atom is 0.237 e. The minimum atomic E-state index is -0.376. The smallest absolute Gasteiger partial charge is 0.237 e. The molecule has 0 aliphatic carbocycles. The van der Waals surface area contributed by atoms with Gasteiger partial charge in [0.25, 0.3) is 0 Å². The summed E-state index contributed by atoms with van der Waals surface area (Å²) < 4.78 is 18.7. The van der Waals surface area contributed by atoms with Crippen molar-refractivity contribution in [3.63, 3.8) is 0 Å². The maximum atomic E-state index is 13.0. The van der Waals surface area contributed by atoms with Gasteiger partial charge in [-0.05, 0) is 46.3 Å². The highest BCUT2D eigenvalue weighted by Crippen LogP contribution is 2.26. The number of nitriles is 1. The van der Waals surface area contributed by atoms with Crippen molar-refractivity contribution in [2.75, 3.05) is 0 Å². The summed E-state index contributed by atoms with van der Waals surface area (Å²) in [4.78, 5) is 3.94. The Bertz CT molecular complexity index is 595. The molecule has 0 amide bonds. The number of rotatable bonds is 2. The molecule has 0 aliphatic rings. The van der Waals surface area contributed by atoms with Crippen LogP contribution in [0.25, 0.3) is 0 Å². The first-order chi connectivity index (χ1) is 8.20. The first-order valence-corrected chi connectivity index (χ1v) is 5.48. The van der Waals surface area contributed by atoms with Crippen LogP contribution >= 0.6 is 15.9 Å². The quantitative estimate of drug-likeness (QED) is 0.849. The highest BCUT2D eigenvalue weighted by Gasteiger charge is 2.07. The van der Waals surface area contributed by atoms with Gasteiger partial charge in [0.1, 0.15) is 23.2 Å². The number of benzene rings is 1. The van der Waals surface area contributed by atoms with Gasteiger partial charge in [0, 0.05) is 6.20 Å². The maximum absolute atomic E-state index is 13.0. The van der Waals surface area contributed by atoms with Gasteiger partial charge in [0.05, 0.1) is 4.47 Å². The molecule has 3 nitrogen and oxygen atoms in total. The summed E-state index contributed by atoms with van der Waals surface area (Å²) in [5.74, 6) is 0.237. The van der Waals surface area contributed by atoms with Gasteiger partial charge < -0.3 is 4.74 Å². The van der Waals surface area contributed by atoms with Gasteiger partial charge in [-0.2, -0.15) is 5.26 Å². The van der Waals surface area contributed by atoms with Crippen LogP contribution < -0.4 is 4.74 Å². The van der Waals surface area contributed by atoms with Crippen LogP contribution in [0.4, 0.5) is 4.39 Å². The van der Waals surface area contributed by atoms with Gasteiger partial charge in [-0.3, -0.25) is 0 Å². The molecule has 0 saturated carbocycles. The molecule has 0 atom stereocenters. The van der Waals surface area contributed by atoms with Gasteiger partial charge in [-0.1, -0.05) is 0 Å². The fourth-order valence-electron chi connectivity index (χ4n) is 1.21. The lowest BCUT2D eigenvalue weighted by atomic mass is 10.3. The molecule has 0 aliphatic heterocycles. The van der Waals surface area contributed by atoms with Gasteiger partial charge in [-0.15, -0.1) is 0 Å². The normalized spacial score (nSPS) is 9.71. The predicted octanol–water partition coefficient (Wildman–Crippen LogP) is 3.65. The SMILES string of the molecule is N#Cc1cccnc1Oc1ccc(F)c(Br)c1. The minimum absolute atomic E-state index is 0.202. The van der Waals surface area contributed by atoms with E-state index >= 15 is 0 Å². The molecule has 5 heteroatoms. The fraction of sp³-hybridized carbons (Fsp3) is 0. The Morgan fingerprint density at radius 2 is 2.18 bits per heavy atom. The lowest BCUT2D eigenvalue weighted by molar-refractivity contribution is 0.459. The summed E-state index contributed by atoms with van der Waals surface area (Å²) in [6.07, 6.45) is 1.52. The second-order valence-corrected chi connectivity index (χ2v) is 4.00. The van der Waals surface area contributed by atoms with E-state index < -0.39 is 0 Å². The van der Waals surface area contributed by atoms with Crippen molar-refractivity contribution in [2.24, 2.45) is 0 Å². The summed E-state index contributed by atoms with van der Waals surface area (Å²) in [6, 6.07) is 9.43. The third kappa shape index (κ3) is 2.60. The zero-order valence-corrected chi connectivity index (χ0v) is 10.1. The van der Waals surface area contributed by atoms with Crippen molar-refractivity contribution in [3.05, 3.63) is 52.4 Å². The molecule has 0 saturated heterocycles. The summed E-state index contributed by atoms with van der Waals surface area (Å²) in [6.45, 7) is 0. The van der Waals surface area contributed by atoms with E-state index in [1.807, 2.05) is 6.07 Å². The summed E-state index contributed by atoms with van der Waals surface area (Å²) in [5, 5.41) is 8.86. The molecule has 2 rings (SSSR count). The number of hydrogen-bond acceptors (Lipinski definition) is 3. The summed E-state index contributed by atoms with van der Waals surface area (Å²) >= 11 is 3.05.